The highest BCUT2D eigenvalue weighted by atomic mass is 16.6. The van der Waals surface area contributed by atoms with Crippen molar-refractivity contribution in [3.63, 3.8) is 0 Å². The number of nitro groups is 1. The van der Waals surface area contributed by atoms with E-state index in [1.807, 2.05) is 0 Å². The number of fused-ring (bicyclic) bond motifs is 1. The molecule has 130 valence electrons. The highest BCUT2D eigenvalue weighted by Gasteiger charge is 2.42. The van der Waals surface area contributed by atoms with Crippen LogP contribution in [0, 0.1) is 10.1 Å². The average Bonchev–Trinajstić information content (AvgIpc) is 2.85. The van der Waals surface area contributed by atoms with E-state index in [1.165, 1.54) is 12.1 Å². The normalized spacial score (nSPS) is 12.8. The number of anilines is 1. The molecule has 0 unspecified atom stereocenters. The summed E-state index contributed by atoms with van der Waals surface area (Å²) in [6.07, 6.45) is 0. The van der Waals surface area contributed by atoms with Crippen LogP contribution in [0.3, 0.4) is 0 Å². The highest BCUT2D eigenvalue weighted by Crippen LogP contribution is 2.34. The number of amides is 2. The van der Waals surface area contributed by atoms with Crippen LogP contribution in [0.25, 0.3) is 0 Å². The molecular formula is C16H6N2O8-2. The maximum Gasteiger partial charge on any atom is 0.283 e. The zero-order valence-corrected chi connectivity index (χ0v) is 12.6. The lowest BCUT2D eigenvalue weighted by atomic mass is 10.1. The summed E-state index contributed by atoms with van der Waals surface area (Å²) in [5.74, 6) is -5.50. The van der Waals surface area contributed by atoms with Crippen LogP contribution in [0.15, 0.2) is 36.4 Å². The Hall–Kier alpha value is -4.08. The molecule has 1 aliphatic heterocycles. The largest absolute Gasteiger partial charge is 0.545 e. The van der Waals surface area contributed by atoms with Gasteiger partial charge in [0.05, 0.1) is 28.1 Å². The molecule has 0 radical (unpaired) electrons. The Labute approximate surface area is 144 Å². The summed E-state index contributed by atoms with van der Waals surface area (Å²) in [6.45, 7) is 0. The van der Waals surface area contributed by atoms with Crippen molar-refractivity contribution in [2.45, 2.75) is 0 Å². The van der Waals surface area contributed by atoms with Gasteiger partial charge in [0.2, 0.25) is 0 Å². The number of benzene rings is 2. The number of carboxylic acid groups (broad SMARTS) is 2. The van der Waals surface area contributed by atoms with Crippen LogP contribution < -0.4 is 15.1 Å². The van der Waals surface area contributed by atoms with Gasteiger partial charge in [0.1, 0.15) is 5.56 Å². The molecule has 2 aromatic rings. The second-order valence-corrected chi connectivity index (χ2v) is 5.25. The second kappa shape index (κ2) is 5.77. The number of nitro benzene ring substituents is 1. The maximum absolute atomic E-state index is 12.6. The molecular weight excluding hydrogens is 348 g/mol. The van der Waals surface area contributed by atoms with Gasteiger partial charge in [0, 0.05) is 6.07 Å². The molecule has 10 heteroatoms. The third kappa shape index (κ3) is 2.45. The van der Waals surface area contributed by atoms with Crippen LogP contribution in [-0.4, -0.2) is 28.7 Å². The van der Waals surface area contributed by atoms with Crippen molar-refractivity contribution in [2.75, 3.05) is 4.90 Å². The molecule has 0 saturated carbocycles. The standard InChI is InChI=1S/C16H8N2O8/c19-13-10-2-1-3-11(18(25)26)12(10)14(20)17(13)9-5-7(15(21)22)4-8(6-9)16(23)24/h1-6H,(H,21,22)(H,23,24)/p-2. The van der Waals surface area contributed by atoms with Gasteiger partial charge in [-0.05, 0) is 35.4 Å². The zero-order chi connectivity index (χ0) is 19.2. The molecule has 2 amide bonds. The monoisotopic (exact) mass is 354 g/mol. The summed E-state index contributed by atoms with van der Waals surface area (Å²) < 4.78 is 0. The molecule has 1 heterocycles. The van der Waals surface area contributed by atoms with E-state index in [2.05, 4.69) is 0 Å². The lowest BCUT2D eigenvalue weighted by Gasteiger charge is -2.17. The molecule has 0 bridgehead atoms. The number of hydrogen-bond acceptors (Lipinski definition) is 8. The highest BCUT2D eigenvalue weighted by molar-refractivity contribution is 6.35. The molecule has 0 aromatic heterocycles. The molecule has 0 saturated heterocycles. The second-order valence-electron chi connectivity index (χ2n) is 5.25. The molecule has 0 atom stereocenters. The molecule has 26 heavy (non-hydrogen) atoms. The first-order chi connectivity index (χ1) is 12.2. The van der Waals surface area contributed by atoms with Crippen LogP contribution in [-0.2, 0) is 0 Å². The number of imide groups is 1. The van der Waals surface area contributed by atoms with E-state index in [-0.39, 0.29) is 11.3 Å². The van der Waals surface area contributed by atoms with Gasteiger partial charge >= 0.3 is 0 Å². The van der Waals surface area contributed by atoms with Crippen molar-refractivity contribution < 1.29 is 34.3 Å². The number of carbonyl (C=O) groups is 4. The van der Waals surface area contributed by atoms with Gasteiger partial charge in [-0.1, -0.05) is 6.07 Å². The van der Waals surface area contributed by atoms with Crippen molar-refractivity contribution in [3.8, 4) is 0 Å². The molecule has 2 aromatic carbocycles. The quantitative estimate of drug-likeness (QED) is 0.388. The van der Waals surface area contributed by atoms with Gasteiger partial charge in [-0.25, -0.2) is 4.90 Å². The van der Waals surface area contributed by atoms with Crippen molar-refractivity contribution in [1.82, 2.24) is 0 Å². The number of carbonyl (C=O) groups excluding carboxylic acids is 4. The van der Waals surface area contributed by atoms with Crippen LogP contribution in [0.4, 0.5) is 11.4 Å². The zero-order valence-electron chi connectivity index (χ0n) is 12.6. The van der Waals surface area contributed by atoms with Gasteiger partial charge in [-0.15, -0.1) is 0 Å². The third-order valence-corrected chi connectivity index (χ3v) is 3.74. The van der Waals surface area contributed by atoms with Crippen molar-refractivity contribution in [2.24, 2.45) is 0 Å². The lowest BCUT2D eigenvalue weighted by Crippen LogP contribution is -2.31. The molecule has 0 spiro atoms. The van der Waals surface area contributed by atoms with Crippen molar-refractivity contribution in [1.29, 1.82) is 0 Å². The van der Waals surface area contributed by atoms with Gasteiger partial charge in [0.15, 0.2) is 0 Å². The molecule has 3 rings (SSSR count). The summed E-state index contributed by atoms with van der Waals surface area (Å²) in [7, 11) is 0. The van der Waals surface area contributed by atoms with Gasteiger partial charge in [0.25, 0.3) is 17.5 Å². The minimum Gasteiger partial charge on any atom is -0.545 e. The summed E-state index contributed by atoms with van der Waals surface area (Å²) in [5.41, 5.74) is -2.90. The Morgan fingerprint density at radius 2 is 1.50 bits per heavy atom. The maximum atomic E-state index is 12.6. The van der Waals surface area contributed by atoms with Gasteiger partial charge in [-0.2, -0.15) is 0 Å². The summed E-state index contributed by atoms with van der Waals surface area (Å²) in [6, 6.07) is 5.91. The minimum atomic E-state index is -1.74. The van der Waals surface area contributed by atoms with E-state index in [9.17, 15) is 39.5 Å². The minimum absolute atomic E-state index is 0.252. The van der Waals surface area contributed by atoms with Crippen LogP contribution in [0.5, 0.6) is 0 Å². The first-order valence-electron chi connectivity index (χ1n) is 6.96. The average molecular weight is 354 g/mol. The summed E-state index contributed by atoms with van der Waals surface area (Å²) in [4.78, 5) is 57.9. The fraction of sp³-hybridized carbons (Fsp3) is 0. The number of aromatic carboxylic acids is 2. The van der Waals surface area contributed by atoms with E-state index >= 15 is 0 Å². The predicted molar refractivity (Wildman–Crippen MR) is 79.3 cm³/mol. The first kappa shape index (κ1) is 16.8. The molecule has 10 nitrogen and oxygen atoms in total. The fourth-order valence-corrected chi connectivity index (χ4v) is 2.63. The Morgan fingerprint density at radius 1 is 0.923 bits per heavy atom. The molecule has 0 N–H and O–H groups in total. The third-order valence-electron chi connectivity index (χ3n) is 3.74. The Bertz CT molecular complexity index is 995. The Kier molecular flexibility index (Phi) is 3.72. The molecule has 1 aliphatic rings. The number of carboxylic acids is 2. The smallest absolute Gasteiger partial charge is 0.283 e. The summed E-state index contributed by atoms with van der Waals surface area (Å²) in [5, 5.41) is 33.2. The summed E-state index contributed by atoms with van der Waals surface area (Å²) >= 11 is 0. The first-order valence-corrected chi connectivity index (χ1v) is 6.96. The molecule has 0 fully saturated rings. The number of hydrogen-bond donors (Lipinski definition) is 0. The van der Waals surface area contributed by atoms with Crippen molar-refractivity contribution >= 4 is 35.1 Å². The van der Waals surface area contributed by atoms with Gasteiger partial charge in [-0.3, -0.25) is 19.7 Å². The number of rotatable bonds is 4. The fourth-order valence-electron chi connectivity index (χ4n) is 2.63. The Morgan fingerprint density at radius 3 is 2.00 bits per heavy atom. The van der Waals surface area contributed by atoms with E-state index in [1.54, 1.807) is 0 Å². The van der Waals surface area contributed by atoms with Gasteiger partial charge < -0.3 is 19.8 Å². The van der Waals surface area contributed by atoms with E-state index in [4.69, 9.17) is 0 Å². The SMILES string of the molecule is O=C([O-])c1cc(C(=O)[O-])cc(N2C(=O)c3cccc([N+](=O)[O-])c3C2=O)c1. The van der Waals surface area contributed by atoms with Crippen LogP contribution >= 0.6 is 0 Å². The number of nitrogens with zero attached hydrogens (tertiary/aromatic N) is 2. The van der Waals surface area contributed by atoms with Crippen LogP contribution in [0.1, 0.15) is 41.4 Å². The topological polar surface area (TPSA) is 161 Å². The van der Waals surface area contributed by atoms with E-state index in [0.29, 0.717) is 4.90 Å². The predicted octanol–water partition coefficient (Wildman–Crippen LogP) is -0.878. The molecule has 0 aliphatic carbocycles. The Balaban J connectivity index is 2.20. The van der Waals surface area contributed by atoms with Crippen LogP contribution in [0.2, 0.25) is 0 Å². The van der Waals surface area contributed by atoms with E-state index in [0.717, 1.165) is 24.3 Å². The van der Waals surface area contributed by atoms with E-state index < -0.39 is 51.1 Å². The lowest BCUT2D eigenvalue weighted by molar-refractivity contribution is -0.385. The van der Waals surface area contributed by atoms with Crippen molar-refractivity contribution in [3.05, 3.63) is 68.8 Å².